The van der Waals surface area contributed by atoms with Gasteiger partial charge in [0.25, 0.3) is 0 Å². The minimum Gasteiger partial charge on any atom is -0.507 e. The van der Waals surface area contributed by atoms with Crippen LogP contribution in [-0.4, -0.2) is 83.7 Å². The van der Waals surface area contributed by atoms with E-state index in [-0.39, 0.29) is 68.9 Å². The summed E-state index contributed by atoms with van der Waals surface area (Å²) in [5, 5.41) is 42.8. The molecule has 0 heterocycles. The first kappa shape index (κ1) is 22.3. The van der Waals surface area contributed by atoms with Crippen LogP contribution in [0.25, 0.3) is 21.5 Å². The first-order valence-electron chi connectivity index (χ1n) is 8.82. The van der Waals surface area contributed by atoms with Gasteiger partial charge in [-0.25, -0.2) is 9.59 Å². The molecule has 0 unspecified atom stereocenters. The van der Waals surface area contributed by atoms with E-state index in [1.807, 2.05) is 0 Å². The third-order valence-electron chi connectivity index (χ3n) is 5.07. The van der Waals surface area contributed by atoms with Gasteiger partial charge in [0, 0.05) is 68.9 Å². The molecule has 0 amide bonds. The zero-order valence-corrected chi connectivity index (χ0v) is 19.2. The van der Waals surface area contributed by atoms with Gasteiger partial charge in [-0.1, -0.05) is 48.5 Å². The van der Waals surface area contributed by atoms with E-state index in [0.29, 0.717) is 32.7 Å². The predicted molar refractivity (Wildman–Crippen MR) is 114 cm³/mol. The van der Waals surface area contributed by atoms with E-state index in [4.69, 9.17) is 0 Å². The number of carbonyl (C=O) groups is 2. The summed E-state index contributed by atoms with van der Waals surface area (Å²) in [5.41, 5.74) is 0.112. The molecule has 4 N–H and O–H groups in total. The maximum atomic E-state index is 11.6. The molecule has 4 rings (SSSR count). The van der Waals surface area contributed by atoms with Crippen molar-refractivity contribution in [3.05, 3.63) is 82.9 Å². The second-order valence-corrected chi connectivity index (χ2v) is 6.73. The number of rotatable bonds is 4. The number of carboxylic acids is 2. The number of hydrogen-bond donors (Lipinski definition) is 4. The molecular weight excluding hydrogens is 411 g/mol. The summed E-state index contributed by atoms with van der Waals surface area (Å²) in [6, 6.07) is 16.8. The van der Waals surface area contributed by atoms with Gasteiger partial charge in [0.05, 0.1) is 0 Å². The molecule has 0 aliphatic heterocycles. The molecule has 7 heteroatoms. The van der Waals surface area contributed by atoms with Crippen LogP contribution in [0.3, 0.4) is 0 Å². The average molecular weight is 427 g/mol. The number of aromatic carboxylic acids is 2. The summed E-state index contributed by atoms with van der Waals surface area (Å²) < 4.78 is 0. The third-order valence-corrected chi connectivity index (χ3v) is 5.07. The Balaban J connectivity index is 0.00000256. The van der Waals surface area contributed by atoms with E-state index in [9.17, 15) is 30.0 Å². The molecule has 4 aromatic rings. The van der Waals surface area contributed by atoms with Crippen molar-refractivity contribution in [2.24, 2.45) is 0 Å². The van der Waals surface area contributed by atoms with Crippen LogP contribution in [0.5, 0.6) is 11.5 Å². The molecule has 0 spiro atoms. The topological polar surface area (TPSA) is 115 Å². The van der Waals surface area contributed by atoms with Gasteiger partial charge >= 0.3 is 11.9 Å². The number of aromatic hydroxyl groups is 2. The fourth-order valence-corrected chi connectivity index (χ4v) is 3.68. The van der Waals surface area contributed by atoms with Crippen LogP contribution < -0.4 is 0 Å². The van der Waals surface area contributed by atoms with E-state index in [2.05, 4.69) is 0 Å². The van der Waals surface area contributed by atoms with Gasteiger partial charge in [0.1, 0.15) is 22.6 Å². The molecule has 0 aliphatic rings. The standard InChI is InChI=1S/C23H16O6.K/c24-20-16(14-7-3-1-5-12(14)9-18(20)22(26)27)11-17-15-8-4-2-6-13(15)10-19(21(17)25)23(28)29;/h1-10,24-25H,11H2,(H,26,27)(H,28,29);. The maximum absolute atomic E-state index is 11.6. The van der Waals surface area contributed by atoms with Crippen LogP contribution >= 0.6 is 0 Å². The van der Waals surface area contributed by atoms with Gasteiger partial charge in [-0.3, -0.25) is 0 Å². The van der Waals surface area contributed by atoms with Gasteiger partial charge in [0.15, 0.2) is 0 Å². The fourth-order valence-electron chi connectivity index (χ4n) is 3.68. The Bertz CT molecular complexity index is 1210. The number of fused-ring (bicyclic) bond motifs is 2. The van der Waals surface area contributed by atoms with E-state index in [1.54, 1.807) is 48.5 Å². The SMILES string of the molecule is O=C(O)c1cc2ccccc2c(Cc2c(O)c(C(=O)O)cc3ccccc23)c1O.[K]. The minimum absolute atomic E-state index is 0. The smallest absolute Gasteiger partial charge is 0.339 e. The van der Waals surface area contributed by atoms with Gasteiger partial charge in [-0.2, -0.15) is 0 Å². The van der Waals surface area contributed by atoms with Crippen molar-refractivity contribution in [2.45, 2.75) is 6.42 Å². The Kier molecular flexibility index (Phi) is 6.49. The van der Waals surface area contributed by atoms with Crippen LogP contribution in [0, 0.1) is 0 Å². The van der Waals surface area contributed by atoms with E-state index in [1.165, 1.54) is 12.1 Å². The first-order valence-corrected chi connectivity index (χ1v) is 8.82. The van der Waals surface area contributed by atoms with E-state index < -0.39 is 23.4 Å². The molecule has 0 bridgehead atoms. The normalized spacial score (nSPS) is 10.7. The molecule has 6 nitrogen and oxygen atoms in total. The molecule has 0 aliphatic carbocycles. The van der Waals surface area contributed by atoms with Crippen molar-refractivity contribution < 1.29 is 30.0 Å². The molecule has 4 aromatic carbocycles. The van der Waals surface area contributed by atoms with Crippen molar-refractivity contribution >= 4 is 84.9 Å². The van der Waals surface area contributed by atoms with Crippen molar-refractivity contribution in [3.63, 3.8) is 0 Å². The van der Waals surface area contributed by atoms with E-state index in [0.717, 1.165) is 0 Å². The first-order chi connectivity index (χ1) is 13.9. The minimum atomic E-state index is -1.28. The molecule has 0 saturated heterocycles. The van der Waals surface area contributed by atoms with E-state index >= 15 is 0 Å². The second-order valence-electron chi connectivity index (χ2n) is 6.73. The predicted octanol–water partition coefficient (Wildman–Crippen LogP) is 4.01. The van der Waals surface area contributed by atoms with Crippen LogP contribution in [0.4, 0.5) is 0 Å². The monoisotopic (exact) mass is 427 g/mol. The average Bonchev–Trinajstić information content (AvgIpc) is 2.70. The summed E-state index contributed by atoms with van der Waals surface area (Å²) >= 11 is 0. The Hall–Kier alpha value is -2.42. The quantitative estimate of drug-likeness (QED) is 0.366. The molecule has 0 fully saturated rings. The van der Waals surface area contributed by atoms with Crippen LogP contribution in [0.15, 0.2) is 60.7 Å². The van der Waals surface area contributed by atoms with Crippen molar-refractivity contribution in [2.75, 3.05) is 0 Å². The number of carboxylic acid groups (broad SMARTS) is 2. The Morgan fingerprint density at radius 3 is 1.40 bits per heavy atom. The molecule has 145 valence electrons. The number of hydrogen-bond acceptors (Lipinski definition) is 4. The molecule has 0 atom stereocenters. The molecular formula is C23H16KO6. The van der Waals surface area contributed by atoms with Crippen LogP contribution in [0.1, 0.15) is 31.8 Å². The zero-order chi connectivity index (χ0) is 20.7. The van der Waals surface area contributed by atoms with Crippen LogP contribution in [0.2, 0.25) is 0 Å². The summed E-state index contributed by atoms with van der Waals surface area (Å²) in [4.78, 5) is 23.2. The Morgan fingerprint density at radius 1 is 0.667 bits per heavy atom. The molecule has 0 aromatic heterocycles. The Labute approximate surface area is 213 Å². The summed E-state index contributed by atoms with van der Waals surface area (Å²) in [5.74, 6) is -3.36. The van der Waals surface area contributed by atoms with Crippen molar-refractivity contribution in [1.29, 1.82) is 0 Å². The van der Waals surface area contributed by atoms with Gasteiger partial charge in [-0.05, 0) is 33.7 Å². The number of benzene rings is 4. The van der Waals surface area contributed by atoms with Crippen molar-refractivity contribution in [3.8, 4) is 11.5 Å². The van der Waals surface area contributed by atoms with Gasteiger partial charge in [-0.15, -0.1) is 0 Å². The summed E-state index contributed by atoms with van der Waals surface area (Å²) in [6.45, 7) is 0. The summed E-state index contributed by atoms with van der Waals surface area (Å²) in [7, 11) is 0. The van der Waals surface area contributed by atoms with Gasteiger partial charge < -0.3 is 20.4 Å². The Morgan fingerprint density at radius 2 is 1.03 bits per heavy atom. The zero-order valence-electron chi connectivity index (χ0n) is 16.1. The van der Waals surface area contributed by atoms with Crippen molar-refractivity contribution in [1.82, 2.24) is 0 Å². The number of phenols is 2. The van der Waals surface area contributed by atoms with Crippen LogP contribution in [-0.2, 0) is 6.42 Å². The molecule has 30 heavy (non-hydrogen) atoms. The maximum Gasteiger partial charge on any atom is 0.339 e. The molecule has 0 saturated carbocycles. The third kappa shape index (κ3) is 3.82. The fraction of sp³-hybridized carbons (Fsp3) is 0.0435. The summed E-state index contributed by atoms with van der Waals surface area (Å²) in [6.07, 6.45) is -0.0407. The second kappa shape index (κ2) is 8.75. The van der Waals surface area contributed by atoms with Gasteiger partial charge in [0.2, 0.25) is 0 Å². The largest absolute Gasteiger partial charge is 0.507 e. The molecule has 1 radical (unpaired) electrons.